The van der Waals surface area contributed by atoms with Crippen LogP contribution >= 0.6 is 31.9 Å². The van der Waals surface area contributed by atoms with Crippen LogP contribution in [0.4, 0.5) is 18.9 Å². The SMILES string of the molecule is O=C1CC(CBr)CN1c1ccc(Br)cc1C(F)(F)F. The van der Waals surface area contributed by atoms with Gasteiger partial charge in [0.25, 0.3) is 0 Å². The van der Waals surface area contributed by atoms with Gasteiger partial charge in [-0.15, -0.1) is 0 Å². The van der Waals surface area contributed by atoms with Gasteiger partial charge in [0.05, 0.1) is 11.3 Å². The average Bonchev–Trinajstić information content (AvgIpc) is 2.69. The Bertz CT molecular complexity index is 504. The fourth-order valence-corrected chi connectivity index (χ4v) is 2.88. The highest BCUT2D eigenvalue weighted by Crippen LogP contribution is 2.40. The molecule has 1 atom stereocenters. The lowest BCUT2D eigenvalue weighted by Crippen LogP contribution is -2.27. The van der Waals surface area contributed by atoms with Gasteiger partial charge in [0, 0.05) is 22.8 Å². The molecule has 0 aromatic heterocycles. The molecule has 0 radical (unpaired) electrons. The number of carbonyl (C=O) groups excluding carboxylic acids is 1. The second-order valence-corrected chi connectivity index (χ2v) is 5.95. The van der Waals surface area contributed by atoms with E-state index in [1.807, 2.05) is 0 Å². The van der Waals surface area contributed by atoms with E-state index in [1.165, 1.54) is 17.0 Å². The molecule has 2 rings (SSSR count). The van der Waals surface area contributed by atoms with Crippen LogP contribution in [0.25, 0.3) is 0 Å². The Kier molecular flexibility index (Phi) is 4.25. The van der Waals surface area contributed by atoms with Crippen molar-refractivity contribution in [3.63, 3.8) is 0 Å². The third-order valence-corrected chi connectivity index (χ3v) is 4.39. The molecule has 1 saturated heterocycles. The van der Waals surface area contributed by atoms with Gasteiger partial charge in [-0.2, -0.15) is 13.2 Å². The van der Waals surface area contributed by atoms with E-state index in [4.69, 9.17) is 0 Å². The van der Waals surface area contributed by atoms with Crippen LogP contribution in [0.1, 0.15) is 12.0 Å². The first-order valence-corrected chi connectivity index (χ1v) is 7.47. The lowest BCUT2D eigenvalue weighted by molar-refractivity contribution is -0.137. The van der Waals surface area contributed by atoms with Crippen molar-refractivity contribution in [3.05, 3.63) is 28.2 Å². The lowest BCUT2D eigenvalue weighted by atomic mass is 10.1. The molecule has 1 amide bonds. The highest BCUT2D eigenvalue weighted by Gasteiger charge is 2.39. The minimum absolute atomic E-state index is 0.0530. The molecule has 0 N–H and O–H groups in total. The molecule has 1 aliphatic heterocycles. The number of halogens is 5. The van der Waals surface area contributed by atoms with Crippen molar-refractivity contribution in [2.24, 2.45) is 5.92 Å². The normalized spacial score (nSPS) is 20.2. The highest BCUT2D eigenvalue weighted by molar-refractivity contribution is 9.10. The van der Waals surface area contributed by atoms with Gasteiger partial charge in [0.2, 0.25) is 5.91 Å². The number of carbonyl (C=O) groups is 1. The smallest absolute Gasteiger partial charge is 0.311 e. The monoisotopic (exact) mass is 399 g/mol. The highest BCUT2D eigenvalue weighted by atomic mass is 79.9. The van der Waals surface area contributed by atoms with Crippen molar-refractivity contribution in [3.8, 4) is 0 Å². The van der Waals surface area contributed by atoms with E-state index in [0.717, 1.165) is 6.07 Å². The Morgan fingerprint density at radius 1 is 1.37 bits per heavy atom. The third-order valence-electron chi connectivity index (χ3n) is 2.98. The zero-order valence-corrected chi connectivity index (χ0v) is 12.8. The molecule has 0 bridgehead atoms. The molecule has 1 aliphatic rings. The van der Waals surface area contributed by atoms with Crippen LogP contribution < -0.4 is 4.90 Å². The largest absolute Gasteiger partial charge is 0.418 e. The van der Waals surface area contributed by atoms with E-state index in [0.29, 0.717) is 16.3 Å². The van der Waals surface area contributed by atoms with Crippen LogP contribution in [-0.2, 0) is 11.0 Å². The van der Waals surface area contributed by atoms with Crippen molar-refractivity contribution in [1.29, 1.82) is 0 Å². The summed E-state index contributed by atoms with van der Waals surface area (Å²) in [6.45, 7) is 0.314. The Morgan fingerprint density at radius 2 is 2.05 bits per heavy atom. The molecule has 2 nitrogen and oxygen atoms in total. The summed E-state index contributed by atoms with van der Waals surface area (Å²) in [5.74, 6) is -0.213. The fraction of sp³-hybridized carbons (Fsp3) is 0.417. The van der Waals surface area contributed by atoms with E-state index in [-0.39, 0.29) is 23.9 Å². The summed E-state index contributed by atoms with van der Waals surface area (Å²) in [6, 6.07) is 3.85. The minimum Gasteiger partial charge on any atom is -0.311 e. The summed E-state index contributed by atoms with van der Waals surface area (Å²) >= 11 is 6.29. The van der Waals surface area contributed by atoms with E-state index in [9.17, 15) is 18.0 Å². The van der Waals surface area contributed by atoms with E-state index in [2.05, 4.69) is 31.9 Å². The molecule has 19 heavy (non-hydrogen) atoms. The second kappa shape index (κ2) is 5.44. The molecule has 1 heterocycles. The number of alkyl halides is 4. The summed E-state index contributed by atoms with van der Waals surface area (Å²) in [5, 5.41) is 0.604. The number of rotatable bonds is 2. The fourth-order valence-electron chi connectivity index (χ4n) is 2.09. The molecule has 1 fully saturated rings. The second-order valence-electron chi connectivity index (χ2n) is 4.39. The van der Waals surface area contributed by atoms with Gasteiger partial charge in [0.1, 0.15) is 0 Å². The van der Waals surface area contributed by atoms with Gasteiger partial charge in [-0.05, 0) is 24.1 Å². The number of anilines is 1. The number of amides is 1. The van der Waals surface area contributed by atoms with E-state index < -0.39 is 11.7 Å². The lowest BCUT2D eigenvalue weighted by Gasteiger charge is -2.21. The summed E-state index contributed by atoms with van der Waals surface area (Å²) in [7, 11) is 0. The van der Waals surface area contributed by atoms with Crippen LogP contribution in [0.2, 0.25) is 0 Å². The van der Waals surface area contributed by atoms with Gasteiger partial charge < -0.3 is 4.90 Å². The van der Waals surface area contributed by atoms with Gasteiger partial charge in [-0.3, -0.25) is 4.79 Å². The van der Waals surface area contributed by atoms with Crippen LogP contribution in [0.5, 0.6) is 0 Å². The summed E-state index contributed by atoms with van der Waals surface area (Å²) in [4.78, 5) is 13.1. The molecule has 0 spiro atoms. The zero-order valence-electron chi connectivity index (χ0n) is 9.68. The van der Waals surface area contributed by atoms with Gasteiger partial charge in [-0.25, -0.2) is 0 Å². The van der Waals surface area contributed by atoms with Gasteiger partial charge >= 0.3 is 6.18 Å². The van der Waals surface area contributed by atoms with Crippen molar-refractivity contribution >= 4 is 43.5 Å². The topological polar surface area (TPSA) is 20.3 Å². The molecule has 1 aromatic rings. The average molecular weight is 401 g/mol. The van der Waals surface area contributed by atoms with Crippen LogP contribution in [0, 0.1) is 5.92 Å². The standard InChI is InChI=1S/C12H10Br2F3NO/c13-5-7-3-11(19)18(6-7)10-2-1-8(14)4-9(10)12(15,16)17/h1-2,4,7H,3,5-6H2. The Labute approximate surface area is 125 Å². The van der Waals surface area contributed by atoms with E-state index >= 15 is 0 Å². The van der Waals surface area contributed by atoms with Crippen molar-refractivity contribution in [1.82, 2.24) is 0 Å². The summed E-state index contributed by atoms with van der Waals surface area (Å²) in [6.07, 6.45) is -4.20. The Hall–Kier alpha value is -0.560. The number of hydrogen-bond donors (Lipinski definition) is 0. The maximum atomic E-state index is 13.0. The Balaban J connectivity index is 2.43. The molecule has 0 aliphatic carbocycles. The summed E-state index contributed by atoms with van der Waals surface area (Å²) < 4.78 is 39.4. The molecule has 1 unspecified atom stereocenters. The first-order valence-electron chi connectivity index (χ1n) is 5.56. The maximum Gasteiger partial charge on any atom is 0.418 e. The molecule has 1 aromatic carbocycles. The van der Waals surface area contributed by atoms with Crippen molar-refractivity contribution in [2.75, 3.05) is 16.8 Å². The molecular formula is C12H10Br2F3NO. The van der Waals surface area contributed by atoms with Crippen molar-refractivity contribution in [2.45, 2.75) is 12.6 Å². The van der Waals surface area contributed by atoms with Gasteiger partial charge in [-0.1, -0.05) is 31.9 Å². The predicted octanol–water partition coefficient (Wildman–Crippen LogP) is 4.22. The molecule has 7 heteroatoms. The van der Waals surface area contributed by atoms with E-state index in [1.54, 1.807) is 0 Å². The molecular weight excluding hydrogens is 391 g/mol. The van der Waals surface area contributed by atoms with Crippen LogP contribution in [0.3, 0.4) is 0 Å². The Morgan fingerprint density at radius 3 is 2.58 bits per heavy atom. The van der Waals surface area contributed by atoms with Crippen LogP contribution in [0.15, 0.2) is 22.7 Å². The number of hydrogen-bond acceptors (Lipinski definition) is 1. The third kappa shape index (κ3) is 3.13. The number of benzene rings is 1. The zero-order chi connectivity index (χ0) is 14.2. The van der Waals surface area contributed by atoms with Gasteiger partial charge in [0.15, 0.2) is 0 Å². The number of nitrogens with zero attached hydrogens (tertiary/aromatic N) is 1. The van der Waals surface area contributed by atoms with Crippen molar-refractivity contribution < 1.29 is 18.0 Å². The minimum atomic E-state index is -4.48. The predicted molar refractivity (Wildman–Crippen MR) is 73.4 cm³/mol. The molecule has 0 saturated carbocycles. The quantitative estimate of drug-likeness (QED) is 0.681. The summed E-state index contributed by atoms with van der Waals surface area (Å²) in [5.41, 5.74) is -0.852. The first-order chi connectivity index (χ1) is 8.82. The molecule has 104 valence electrons. The van der Waals surface area contributed by atoms with Crippen LogP contribution in [-0.4, -0.2) is 17.8 Å². The first kappa shape index (κ1) is 14.8. The maximum absolute atomic E-state index is 13.0.